The fourth-order valence-corrected chi connectivity index (χ4v) is 4.88. The van der Waals surface area contributed by atoms with E-state index in [9.17, 15) is 4.79 Å². The fraction of sp³-hybridized carbons (Fsp3) is 0.364. The van der Waals surface area contributed by atoms with Gasteiger partial charge in [0.2, 0.25) is 0 Å². The Morgan fingerprint density at radius 2 is 1.97 bits per heavy atom. The zero-order valence-electron chi connectivity index (χ0n) is 16.7. The van der Waals surface area contributed by atoms with Gasteiger partial charge in [-0.3, -0.25) is 14.6 Å². The van der Waals surface area contributed by atoms with Gasteiger partial charge in [-0.15, -0.1) is 0 Å². The van der Waals surface area contributed by atoms with Crippen LogP contribution in [-0.4, -0.2) is 55.2 Å². The van der Waals surface area contributed by atoms with Crippen LogP contribution < -0.4 is 4.90 Å². The highest BCUT2D eigenvalue weighted by molar-refractivity contribution is 9.10. The summed E-state index contributed by atoms with van der Waals surface area (Å²) < 4.78 is 7.45. The summed E-state index contributed by atoms with van der Waals surface area (Å²) >= 11 is 5.06. The zero-order valence-corrected chi connectivity index (χ0v) is 19.1. The van der Waals surface area contributed by atoms with Crippen molar-refractivity contribution in [1.29, 1.82) is 0 Å². The van der Waals surface area contributed by atoms with Crippen LogP contribution in [0.5, 0.6) is 0 Å². The predicted molar refractivity (Wildman–Crippen MR) is 122 cm³/mol. The monoisotopic (exact) mass is 473 g/mol. The minimum atomic E-state index is -0.0212. The van der Waals surface area contributed by atoms with Crippen molar-refractivity contribution in [2.75, 3.05) is 44.3 Å². The molecule has 2 heterocycles. The van der Waals surface area contributed by atoms with Crippen molar-refractivity contribution in [3.8, 4) is 0 Å². The smallest absolute Gasteiger partial charge is 0.260 e. The van der Waals surface area contributed by atoms with Crippen LogP contribution in [0.2, 0.25) is 0 Å². The largest absolute Gasteiger partial charge is 0.379 e. The van der Waals surface area contributed by atoms with Gasteiger partial charge in [0.15, 0.2) is 5.13 Å². The molecule has 0 saturated carbocycles. The van der Waals surface area contributed by atoms with Gasteiger partial charge in [-0.1, -0.05) is 33.3 Å². The van der Waals surface area contributed by atoms with E-state index in [1.165, 1.54) is 11.1 Å². The fourth-order valence-electron chi connectivity index (χ4n) is 3.41. The number of nitrogens with zero attached hydrogens (tertiary/aromatic N) is 3. The minimum Gasteiger partial charge on any atom is -0.379 e. The summed E-state index contributed by atoms with van der Waals surface area (Å²) in [5.41, 5.74) is 4.07. The normalized spacial score (nSPS) is 15.0. The van der Waals surface area contributed by atoms with Crippen LogP contribution in [0.3, 0.4) is 0 Å². The number of amides is 1. The van der Waals surface area contributed by atoms with E-state index in [1.54, 1.807) is 11.3 Å². The molecule has 0 N–H and O–H groups in total. The molecule has 0 aliphatic carbocycles. The van der Waals surface area contributed by atoms with Crippen LogP contribution in [0.15, 0.2) is 40.9 Å². The molecule has 4 rings (SSSR count). The molecule has 2 aromatic carbocycles. The second kappa shape index (κ2) is 8.92. The molecular formula is C22H24BrN3O2S. The maximum Gasteiger partial charge on any atom is 0.260 e. The third kappa shape index (κ3) is 4.69. The standard InChI is InChI=1S/C22H24BrN3O2S/c1-15-12-19-20(13-16(15)2)29-22(24-19)26(7-6-25-8-10-28-11-9-25)21(27)17-4-3-5-18(23)14-17/h3-5,12-14H,6-11H2,1-2H3. The van der Waals surface area contributed by atoms with Crippen molar-refractivity contribution >= 4 is 48.5 Å². The topological polar surface area (TPSA) is 45.7 Å². The first-order valence-electron chi connectivity index (χ1n) is 9.76. The Morgan fingerprint density at radius 1 is 1.21 bits per heavy atom. The number of carbonyl (C=O) groups is 1. The number of aryl methyl sites for hydroxylation is 2. The Hall–Kier alpha value is -1.80. The third-order valence-electron chi connectivity index (χ3n) is 5.28. The van der Waals surface area contributed by atoms with Crippen molar-refractivity contribution in [3.63, 3.8) is 0 Å². The Morgan fingerprint density at radius 3 is 2.72 bits per heavy atom. The molecule has 1 aliphatic rings. The summed E-state index contributed by atoms with van der Waals surface area (Å²) in [6.07, 6.45) is 0. The molecule has 3 aromatic rings. The lowest BCUT2D eigenvalue weighted by atomic mass is 10.1. The van der Waals surface area contributed by atoms with E-state index >= 15 is 0 Å². The van der Waals surface area contributed by atoms with Gasteiger partial charge < -0.3 is 4.74 Å². The highest BCUT2D eigenvalue weighted by atomic mass is 79.9. The quantitative estimate of drug-likeness (QED) is 0.540. The van der Waals surface area contributed by atoms with Crippen molar-refractivity contribution in [1.82, 2.24) is 9.88 Å². The lowest BCUT2D eigenvalue weighted by Crippen LogP contribution is -2.43. The highest BCUT2D eigenvalue weighted by Crippen LogP contribution is 2.31. The van der Waals surface area contributed by atoms with Crippen molar-refractivity contribution < 1.29 is 9.53 Å². The number of hydrogen-bond acceptors (Lipinski definition) is 5. The van der Waals surface area contributed by atoms with Crippen LogP contribution in [0.4, 0.5) is 5.13 Å². The molecule has 1 aliphatic heterocycles. The van der Waals surface area contributed by atoms with E-state index in [1.807, 2.05) is 29.2 Å². The zero-order chi connectivity index (χ0) is 20.4. The molecule has 0 radical (unpaired) electrons. The maximum absolute atomic E-state index is 13.4. The van der Waals surface area contributed by atoms with Crippen LogP contribution in [0, 0.1) is 13.8 Å². The molecule has 0 unspecified atom stereocenters. The number of morpholine rings is 1. The number of anilines is 1. The number of carbonyl (C=O) groups excluding carboxylic acids is 1. The lowest BCUT2D eigenvalue weighted by Gasteiger charge is -2.29. The second-order valence-corrected chi connectivity index (χ2v) is 9.25. The van der Waals surface area contributed by atoms with Crippen LogP contribution in [0.1, 0.15) is 21.5 Å². The molecule has 0 atom stereocenters. The van der Waals surface area contributed by atoms with Crippen LogP contribution >= 0.6 is 27.3 Å². The molecule has 1 fully saturated rings. The SMILES string of the molecule is Cc1cc2nc(N(CCN3CCOCC3)C(=O)c3cccc(Br)c3)sc2cc1C. The molecule has 5 nitrogen and oxygen atoms in total. The molecule has 7 heteroatoms. The van der Waals surface area contributed by atoms with E-state index in [0.717, 1.165) is 52.7 Å². The number of halogens is 1. The van der Waals surface area contributed by atoms with E-state index in [0.29, 0.717) is 12.1 Å². The number of fused-ring (bicyclic) bond motifs is 1. The molecule has 1 saturated heterocycles. The Labute approximate surface area is 183 Å². The summed E-state index contributed by atoms with van der Waals surface area (Å²) in [6.45, 7) is 8.90. The van der Waals surface area contributed by atoms with E-state index in [2.05, 4.69) is 46.8 Å². The van der Waals surface area contributed by atoms with Crippen molar-refractivity contribution in [3.05, 3.63) is 57.6 Å². The highest BCUT2D eigenvalue weighted by Gasteiger charge is 2.23. The summed E-state index contributed by atoms with van der Waals surface area (Å²) in [7, 11) is 0. The maximum atomic E-state index is 13.4. The molecule has 1 amide bonds. The number of hydrogen-bond donors (Lipinski definition) is 0. The first kappa shape index (κ1) is 20.5. The number of thiazole rings is 1. The van der Waals surface area contributed by atoms with Crippen molar-refractivity contribution in [2.24, 2.45) is 0 Å². The number of ether oxygens (including phenoxy) is 1. The first-order valence-corrected chi connectivity index (χ1v) is 11.4. The Balaban J connectivity index is 1.66. The van der Waals surface area contributed by atoms with Gasteiger partial charge in [-0.2, -0.15) is 0 Å². The van der Waals surface area contributed by atoms with E-state index in [4.69, 9.17) is 9.72 Å². The van der Waals surface area contributed by atoms with Gasteiger partial charge in [-0.05, 0) is 55.3 Å². The number of aromatic nitrogens is 1. The molecular weight excluding hydrogens is 450 g/mol. The number of rotatable bonds is 5. The average Bonchev–Trinajstić information content (AvgIpc) is 3.11. The van der Waals surface area contributed by atoms with Gasteiger partial charge in [-0.25, -0.2) is 4.98 Å². The van der Waals surface area contributed by atoms with Crippen molar-refractivity contribution in [2.45, 2.75) is 13.8 Å². The van der Waals surface area contributed by atoms with Gasteiger partial charge >= 0.3 is 0 Å². The van der Waals surface area contributed by atoms with E-state index < -0.39 is 0 Å². The van der Waals surface area contributed by atoms with Crippen LogP contribution in [-0.2, 0) is 4.74 Å². The molecule has 29 heavy (non-hydrogen) atoms. The second-order valence-electron chi connectivity index (χ2n) is 7.32. The Kier molecular flexibility index (Phi) is 6.29. The Bertz CT molecular complexity index is 991. The first-order chi connectivity index (χ1) is 14.0. The summed E-state index contributed by atoms with van der Waals surface area (Å²) in [6, 6.07) is 11.8. The average molecular weight is 474 g/mol. The third-order valence-corrected chi connectivity index (χ3v) is 6.82. The summed E-state index contributed by atoms with van der Waals surface area (Å²) in [5, 5.41) is 0.753. The van der Waals surface area contributed by atoms with Gasteiger partial charge in [0.05, 0.1) is 23.4 Å². The van der Waals surface area contributed by atoms with E-state index in [-0.39, 0.29) is 5.91 Å². The number of benzene rings is 2. The summed E-state index contributed by atoms with van der Waals surface area (Å²) in [4.78, 5) is 22.4. The lowest BCUT2D eigenvalue weighted by molar-refractivity contribution is 0.0391. The van der Waals surface area contributed by atoms with Gasteiger partial charge in [0.1, 0.15) is 0 Å². The van der Waals surface area contributed by atoms with Gasteiger partial charge in [0, 0.05) is 36.2 Å². The summed E-state index contributed by atoms with van der Waals surface area (Å²) in [5.74, 6) is -0.0212. The van der Waals surface area contributed by atoms with Gasteiger partial charge in [0.25, 0.3) is 5.91 Å². The minimum absolute atomic E-state index is 0.0212. The predicted octanol–water partition coefficient (Wildman–Crippen LogP) is 4.65. The molecule has 1 aromatic heterocycles. The molecule has 0 spiro atoms. The molecule has 0 bridgehead atoms. The molecule has 152 valence electrons. The van der Waals surface area contributed by atoms with Crippen LogP contribution in [0.25, 0.3) is 10.2 Å².